The van der Waals surface area contributed by atoms with E-state index >= 15 is 0 Å². The summed E-state index contributed by atoms with van der Waals surface area (Å²) < 4.78 is 5.30. The molecule has 1 amide bonds. The van der Waals surface area contributed by atoms with Crippen LogP contribution in [0.4, 0.5) is 0 Å². The van der Waals surface area contributed by atoms with E-state index in [4.69, 9.17) is 4.74 Å². The Morgan fingerprint density at radius 1 is 1.44 bits per heavy atom. The second-order valence-electron chi connectivity index (χ2n) is 5.06. The number of hydrogen-bond donors (Lipinski definition) is 2. The zero-order valence-electron chi connectivity index (χ0n) is 10.6. The lowest BCUT2D eigenvalue weighted by Crippen LogP contribution is -2.47. The Hall–Kier alpha value is -0.610. The van der Waals surface area contributed by atoms with Crippen LogP contribution in [-0.2, 0) is 9.53 Å². The van der Waals surface area contributed by atoms with Crippen molar-refractivity contribution in [2.75, 3.05) is 33.4 Å². The zero-order chi connectivity index (χ0) is 12.0. The summed E-state index contributed by atoms with van der Waals surface area (Å²) in [4.78, 5) is 11.6. The standard InChI is InChI=1S/C12H24N2O2/c1-10(2)11(15)14-8-12(9-16-3)4-6-13-7-5-12/h10,13H,4-9H2,1-3H3,(H,14,15). The average molecular weight is 228 g/mol. The molecule has 1 aliphatic heterocycles. The van der Waals surface area contributed by atoms with Crippen molar-refractivity contribution in [1.29, 1.82) is 0 Å². The Kier molecular flexibility index (Phi) is 5.22. The number of rotatable bonds is 5. The van der Waals surface area contributed by atoms with Gasteiger partial charge >= 0.3 is 0 Å². The Labute approximate surface area is 98.1 Å². The van der Waals surface area contributed by atoms with Crippen LogP contribution in [0.25, 0.3) is 0 Å². The molecule has 0 spiro atoms. The molecule has 0 aromatic carbocycles. The highest BCUT2D eigenvalue weighted by atomic mass is 16.5. The van der Waals surface area contributed by atoms with Crippen LogP contribution in [0, 0.1) is 11.3 Å². The van der Waals surface area contributed by atoms with Crippen molar-refractivity contribution in [2.45, 2.75) is 26.7 Å². The number of carbonyl (C=O) groups is 1. The van der Waals surface area contributed by atoms with Crippen LogP contribution >= 0.6 is 0 Å². The van der Waals surface area contributed by atoms with Gasteiger partial charge in [0.15, 0.2) is 0 Å². The predicted molar refractivity (Wildman–Crippen MR) is 64.3 cm³/mol. The number of methoxy groups -OCH3 is 1. The average Bonchev–Trinajstić information content (AvgIpc) is 2.27. The van der Waals surface area contributed by atoms with Crippen molar-refractivity contribution in [3.05, 3.63) is 0 Å². The summed E-state index contributed by atoms with van der Waals surface area (Å²) >= 11 is 0. The first-order valence-corrected chi connectivity index (χ1v) is 6.07. The normalized spacial score (nSPS) is 19.8. The lowest BCUT2D eigenvalue weighted by atomic mass is 9.79. The molecule has 0 bridgehead atoms. The van der Waals surface area contributed by atoms with Gasteiger partial charge in [0.1, 0.15) is 0 Å². The van der Waals surface area contributed by atoms with E-state index in [9.17, 15) is 4.79 Å². The number of hydrogen-bond acceptors (Lipinski definition) is 3. The number of amides is 1. The highest BCUT2D eigenvalue weighted by molar-refractivity contribution is 5.77. The van der Waals surface area contributed by atoms with E-state index in [0.29, 0.717) is 0 Å². The van der Waals surface area contributed by atoms with Gasteiger partial charge in [-0.1, -0.05) is 13.8 Å². The maximum atomic E-state index is 11.6. The maximum Gasteiger partial charge on any atom is 0.222 e. The summed E-state index contributed by atoms with van der Waals surface area (Å²) in [7, 11) is 1.73. The van der Waals surface area contributed by atoms with Gasteiger partial charge < -0.3 is 15.4 Å². The van der Waals surface area contributed by atoms with E-state index in [0.717, 1.165) is 39.1 Å². The predicted octanol–water partition coefficient (Wildman–Crippen LogP) is 0.775. The highest BCUT2D eigenvalue weighted by Crippen LogP contribution is 2.28. The summed E-state index contributed by atoms with van der Waals surface area (Å²) in [6.07, 6.45) is 2.14. The van der Waals surface area contributed by atoms with Crippen molar-refractivity contribution in [3.63, 3.8) is 0 Å². The van der Waals surface area contributed by atoms with E-state index < -0.39 is 0 Å². The first-order chi connectivity index (χ1) is 7.59. The second-order valence-corrected chi connectivity index (χ2v) is 5.06. The van der Waals surface area contributed by atoms with Gasteiger partial charge in [0, 0.05) is 25.0 Å². The molecular weight excluding hydrogens is 204 g/mol. The maximum absolute atomic E-state index is 11.6. The zero-order valence-corrected chi connectivity index (χ0v) is 10.6. The fourth-order valence-corrected chi connectivity index (χ4v) is 2.11. The molecule has 0 unspecified atom stereocenters. The van der Waals surface area contributed by atoms with Crippen LogP contribution in [0.1, 0.15) is 26.7 Å². The topological polar surface area (TPSA) is 50.4 Å². The van der Waals surface area contributed by atoms with E-state index in [1.165, 1.54) is 0 Å². The summed E-state index contributed by atoms with van der Waals surface area (Å²) in [5.74, 6) is 0.190. The lowest BCUT2D eigenvalue weighted by molar-refractivity contribution is -0.124. The van der Waals surface area contributed by atoms with Gasteiger partial charge in [-0.2, -0.15) is 0 Å². The van der Waals surface area contributed by atoms with Gasteiger partial charge in [-0.15, -0.1) is 0 Å². The molecule has 16 heavy (non-hydrogen) atoms. The van der Waals surface area contributed by atoms with Crippen molar-refractivity contribution in [1.82, 2.24) is 10.6 Å². The summed E-state index contributed by atoms with van der Waals surface area (Å²) in [6, 6.07) is 0. The quantitative estimate of drug-likeness (QED) is 0.731. The number of nitrogens with one attached hydrogen (secondary N) is 2. The fraction of sp³-hybridized carbons (Fsp3) is 0.917. The van der Waals surface area contributed by atoms with Gasteiger partial charge in [-0.05, 0) is 25.9 Å². The monoisotopic (exact) mass is 228 g/mol. The molecule has 0 radical (unpaired) electrons. The Morgan fingerprint density at radius 3 is 2.56 bits per heavy atom. The summed E-state index contributed by atoms with van der Waals surface area (Å²) in [6.45, 7) is 7.33. The molecule has 0 aliphatic carbocycles. The molecular formula is C12H24N2O2. The Morgan fingerprint density at radius 2 is 2.06 bits per heavy atom. The lowest BCUT2D eigenvalue weighted by Gasteiger charge is -2.37. The molecule has 4 nitrogen and oxygen atoms in total. The van der Waals surface area contributed by atoms with Crippen LogP contribution in [-0.4, -0.2) is 39.3 Å². The Balaban J connectivity index is 2.47. The van der Waals surface area contributed by atoms with Crippen LogP contribution < -0.4 is 10.6 Å². The first kappa shape index (κ1) is 13.5. The molecule has 1 heterocycles. The molecule has 1 fully saturated rings. The van der Waals surface area contributed by atoms with Gasteiger partial charge in [-0.25, -0.2) is 0 Å². The first-order valence-electron chi connectivity index (χ1n) is 6.07. The van der Waals surface area contributed by atoms with Crippen molar-refractivity contribution < 1.29 is 9.53 Å². The molecule has 4 heteroatoms. The van der Waals surface area contributed by atoms with Crippen LogP contribution in [0.3, 0.4) is 0 Å². The smallest absolute Gasteiger partial charge is 0.222 e. The van der Waals surface area contributed by atoms with Crippen molar-refractivity contribution >= 4 is 5.91 Å². The molecule has 1 aliphatic rings. The third-order valence-corrected chi connectivity index (χ3v) is 3.28. The fourth-order valence-electron chi connectivity index (χ4n) is 2.11. The third kappa shape index (κ3) is 3.76. The molecule has 0 aromatic rings. The highest BCUT2D eigenvalue weighted by Gasteiger charge is 2.32. The van der Waals surface area contributed by atoms with Crippen LogP contribution in [0.15, 0.2) is 0 Å². The van der Waals surface area contributed by atoms with Crippen molar-refractivity contribution in [3.8, 4) is 0 Å². The molecule has 0 aromatic heterocycles. The van der Waals surface area contributed by atoms with Crippen molar-refractivity contribution in [2.24, 2.45) is 11.3 Å². The van der Waals surface area contributed by atoms with E-state index in [2.05, 4.69) is 10.6 Å². The second kappa shape index (κ2) is 6.21. The number of ether oxygens (including phenoxy) is 1. The van der Waals surface area contributed by atoms with Gasteiger partial charge in [-0.3, -0.25) is 4.79 Å². The third-order valence-electron chi connectivity index (χ3n) is 3.28. The van der Waals surface area contributed by atoms with E-state index in [1.54, 1.807) is 7.11 Å². The van der Waals surface area contributed by atoms with Gasteiger partial charge in [0.2, 0.25) is 5.91 Å². The van der Waals surface area contributed by atoms with E-state index in [1.807, 2.05) is 13.8 Å². The minimum atomic E-state index is 0.0568. The summed E-state index contributed by atoms with van der Waals surface area (Å²) in [5.41, 5.74) is 0.130. The van der Waals surface area contributed by atoms with E-state index in [-0.39, 0.29) is 17.2 Å². The van der Waals surface area contributed by atoms with Crippen LogP contribution in [0.5, 0.6) is 0 Å². The van der Waals surface area contributed by atoms with Crippen LogP contribution in [0.2, 0.25) is 0 Å². The minimum absolute atomic E-state index is 0.0568. The molecule has 94 valence electrons. The molecule has 0 saturated carbocycles. The summed E-state index contributed by atoms with van der Waals surface area (Å²) in [5, 5.41) is 6.37. The van der Waals surface area contributed by atoms with Gasteiger partial charge in [0.05, 0.1) is 6.61 Å². The molecule has 0 atom stereocenters. The number of carbonyl (C=O) groups excluding carboxylic acids is 1. The Bertz CT molecular complexity index is 218. The SMILES string of the molecule is COCC1(CNC(=O)C(C)C)CCNCC1. The largest absolute Gasteiger partial charge is 0.384 e. The molecule has 1 saturated heterocycles. The number of piperidine rings is 1. The molecule has 1 rings (SSSR count). The van der Waals surface area contributed by atoms with Gasteiger partial charge in [0.25, 0.3) is 0 Å². The minimum Gasteiger partial charge on any atom is -0.384 e. The molecule has 2 N–H and O–H groups in total.